The van der Waals surface area contributed by atoms with Gasteiger partial charge in [-0.2, -0.15) is 0 Å². The van der Waals surface area contributed by atoms with Gasteiger partial charge in [0.2, 0.25) is 17.7 Å². The summed E-state index contributed by atoms with van der Waals surface area (Å²) in [4.78, 5) is 40.9. The predicted molar refractivity (Wildman–Crippen MR) is 116 cm³/mol. The first-order valence-electron chi connectivity index (χ1n) is 9.70. The molecule has 1 saturated heterocycles. The van der Waals surface area contributed by atoms with Crippen LogP contribution in [0.1, 0.15) is 13.3 Å². The minimum absolute atomic E-state index is 0.0939. The van der Waals surface area contributed by atoms with Crippen molar-refractivity contribution in [1.82, 2.24) is 4.90 Å². The molecule has 1 unspecified atom stereocenters. The van der Waals surface area contributed by atoms with Gasteiger partial charge in [-0.25, -0.2) is 0 Å². The molecule has 2 aromatic rings. The van der Waals surface area contributed by atoms with Crippen molar-refractivity contribution in [3.63, 3.8) is 0 Å². The number of halogens is 1. The minimum Gasteiger partial charge on any atom is -0.497 e. The SMILES string of the molecule is CCN(CC(=O)Nc1cccc(OC)c1)C(=O)C1CC(=O)N(c2ccccc2Cl)C1. The fraction of sp³-hybridized carbons (Fsp3) is 0.318. The first kappa shape index (κ1) is 21.6. The summed E-state index contributed by atoms with van der Waals surface area (Å²) in [5.74, 6) is -0.580. The van der Waals surface area contributed by atoms with Crippen LogP contribution in [0.2, 0.25) is 5.02 Å². The topological polar surface area (TPSA) is 79.0 Å². The van der Waals surface area contributed by atoms with Crippen LogP contribution in [0.25, 0.3) is 0 Å². The second-order valence-corrected chi connectivity index (χ2v) is 7.40. The molecule has 0 radical (unpaired) electrons. The van der Waals surface area contributed by atoms with E-state index in [1.165, 1.54) is 9.80 Å². The van der Waals surface area contributed by atoms with Gasteiger partial charge in [0, 0.05) is 31.3 Å². The van der Waals surface area contributed by atoms with Crippen LogP contribution in [0.5, 0.6) is 5.75 Å². The van der Waals surface area contributed by atoms with E-state index in [0.717, 1.165) is 0 Å². The largest absolute Gasteiger partial charge is 0.497 e. The first-order chi connectivity index (χ1) is 14.4. The van der Waals surface area contributed by atoms with Crippen molar-refractivity contribution in [3.8, 4) is 5.75 Å². The van der Waals surface area contributed by atoms with E-state index < -0.39 is 5.92 Å². The van der Waals surface area contributed by atoms with Gasteiger partial charge in [-0.1, -0.05) is 29.8 Å². The number of para-hydroxylation sites is 1. The minimum atomic E-state index is -0.515. The zero-order chi connectivity index (χ0) is 21.7. The van der Waals surface area contributed by atoms with Crippen LogP contribution in [0, 0.1) is 5.92 Å². The third kappa shape index (κ3) is 4.91. The Morgan fingerprint density at radius 2 is 2.00 bits per heavy atom. The van der Waals surface area contributed by atoms with Gasteiger partial charge in [0.15, 0.2) is 0 Å². The predicted octanol–water partition coefficient (Wildman–Crippen LogP) is 3.19. The average Bonchev–Trinajstić information content (AvgIpc) is 3.13. The van der Waals surface area contributed by atoms with Gasteiger partial charge in [-0.05, 0) is 31.2 Å². The zero-order valence-corrected chi connectivity index (χ0v) is 17.7. The maximum atomic E-state index is 13.0. The van der Waals surface area contributed by atoms with Crippen molar-refractivity contribution >= 4 is 40.7 Å². The number of hydrogen-bond acceptors (Lipinski definition) is 4. The number of hydrogen-bond donors (Lipinski definition) is 1. The lowest BCUT2D eigenvalue weighted by molar-refractivity contribution is -0.138. The fourth-order valence-corrected chi connectivity index (χ4v) is 3.69. The molecular formula is C22H24ClN3O4. The molecular weight excluding hydrogens is 406 g/mol. The number of nitrogens with one attached hydrogen (secondary N) is 1. The van der Waals surface area contributed by atoms with Crippen molar-refractivity contribution in [3.05, 3.63) is 53.6 Å². The Labute approximate surface area is 180 Å². The molecule has 1 atom stereocenters. The Bertz CT molecular complexity index is 949. The molecule has 1 aliphatic rings. The van der Waals surface area contributed by atoms with Crippen molar-refractivity contribution < 1.29 is 19.1 Å². The lowest BCUT2D eigenvalue weighted by Crippen LogP contribution is -2.42. The third-order valence-electron chi connectivity index (χ3n) is 5.00. The average molecular weight is 430 g/mol. The molecule has 0 saturated carbocycles. The van der Waals surface area contributed by atoms with Gasteiger partial charge < -0.3 is 19.9 Å². The molecule has 3 rings (SSSR count). The van der Waals surface area contributed by atoms with E-state index in [1.54, 1.807) is 62.6 Å². The summed E-state index contributed by atoms with van der Waals surface area (Å²) < 4.78 is 5.15. The maximum Gasteiger partial charge on any atom is 0.243 e. The standard InChI is InChI=1S/C22H24ClN3O4/c1-3-25(14-20(27)24-16-7-6-8-17(12-16)30-2)22(29)15-11-21(28)26(13-15)19-10-5-4-9-18(19)23/h4-10,12,15H,3,11,13-14H2,1-2H3,(H,24,27). The number of benzene rings is 2. The summed E-state index contributed by atoms with van der Waals surface area (Å²) >= 11 is 6.20. The molecule has 3 amide bonds. The van der Waals surface area contributed by atoms with E-state index in [2.05, 4.69) is 5.32 Å². The highest BCUT2D eigenvalue weighted by Gasteiger charge is 2.37. The fourth-order valence-electron chi connectivity index (χ4n) is 3.45. The molecule has 1 N–H and O–H groups in total. The van der Waals surface area contributed by atoms with Crippen molar-refractivity contribution in [2.45, 2.75) is 13.3 Å². The molecule has 1 fully saturated rings. The van der Waals surface area contributed by atoms with Crippen molar-refractivity contribution in [1.29, 1.82) is 0 Å². The molecule has 158 valence electrons. The number of ether oxygens (including phenoxy) is 1. The van der Waals surface area contributed by atoms with Crippen molar-refractivity contribution in [2.24, 2.45) is 5.92 Å². The van der Waals surface area contributed by atoms with Crippen LogP contribution in [-0.2, 0) is 14.4 Å². The van der Waals surface area contributed by atoms with Crippen molar-refractivity contribution in [2.75, 3.05) is 37.0 Å². The van der Waals surface area contributed by atoms with Crippen LogP contribution in [0.3, 0.4) is 0 Å². The number of nitrogens with zero attached hydrogens (tertiary/aromatic N) is 2. The lowest BCUT2D eigenvalue weighted by atomic mass is 10.1. The van der Waals surface area contributed by atoms with Crippen LogP contribution < -0.4 is 15.0 Å². The normalized spacial score (nSPS) is 15.8. The molecule has 0 aromatic heterocycles. The Hall–Kier alpha value is -3.06. The van der Waals surface area contributed by atoms with Crippen LogP contribution in [0.15, 0.2) is 48.5 Å². The molecule has 30 heavy (non-hydrogen) atoms. The smallest absolute Gasteiger partial charge is 0.243 e. The lowest BCUT2D eigenvalue weighted by Gasteiger charge is -2.24. The number of carbonyl (C=O) groups excluding carboxylic acids is 3. The number of carbonyl (C=O) groups is 3. The summed E-state index contributed by atoms with van der Waals surface area (Å²) in [6, 6.07) is 14.0. The van der Waals surface area contributed by atoms with E-state index in [0.29, 0.717) is 28.7 Å². The summed E-state index contributed by atoms with van der Waals surface area (Å²) in [7, 11) is 1.55. The number of amides is 3. The second-order valence-electron chi connectivity index (χ2n) is 6.99. The molecule has 2 aromatic carbocycles. The number of rotatable bonds is 7. The van der Waals surface area contributed by atoms with Gasteiger partial charge in [-0.3, -0.25) is 14.4 Å². The van der Waals surface area contributed by atoms with Crippen LogP contribution >= 0.6 is 11.6 Å². The molecule has 1 heterocycles. The zero-order valence-electron chi connectivity index (χ0n) is 16.9. The molecule has 0 spiro atoms. The molecule has 0 bridgehead atoms. The summed E-state index contributed by atoms with van der Waals surface area (Å²) in [5, 5.41) is 3.23. The van der Waals surface area contributed by atoms with Crippen LogP contribution in [0.4, 0.5) is 11.4 Å². The van der Waals surface area contributed by atoms with Gasteiger partial charge in [0.1, 0.15) is 5.75 Å². The Balaban J connectivity index is 1.63. The highest BCUT2D eigenvalue weighted by Crippen LogP contribution is 2.31. The summed E-state index contributed by atoms with van der Waals surface area (Å²) in [5.41, 5.74) is 1.18. The van der Waals surface area contributed by atoms with E-state index in [-0.39, 0.29) is 37.2 Å². The van der Waals surface area contributed by atoms with Gasteiger partial charge in [0.05, 0.1) is 30.3 Å². The summed E-state index contributed by atoms with van der Waals surface area (Å²) in [6.07, 6.45) is 0.0953. The Morgan fingerprint density at radius 3 is 2.70 bits per heavy atom. The van der Waals surface area contributed by atoms with Gasteiger partial charge in [0.25, 0.3) is 0 Å². The first-order valence-corrected chi connectivity index (χ1v) is 10.1. The van der Waals surface area contributed by atoms with E-state index >= 15 is 0 Å². The van der Waals surface area contributed by atoms with E-state index in [1.807, 2.05) is 0 Å². The molecule has 7 nitrogen and oxygen atoms in total. The highest BCUT2D eigenvalue weighted by atomic mass is 35.5. The number of methoxy groups -OCH3 is 1. The molecule has 0 aliphatic carbocycles. The number of anilines is 2. The Kier molecular flexibility index (Phi) is 6.95. The molecule has 1 aliphatic heterocycles. The van der Waals surface area contributed by atoms with E-state index in [4.69, 9.17) is 16.3 Å². The van der Waals surface area contributed by atoms with E-state index in [9.17, 15) is 14.4 Å². The monoisotopic (exact) mass is 429 g/mol. The van der Waals surface area contributed by atoms with Crippen LogP contribution in [-0.4, -0.2) is 49.4 Å². The van der Waals surface area contributed by atoms with Gasteiger partial charge in [-0.15, -0.1) is 0 Å². The Morgan fingerprint density at radius 1 is 1.23 bits per heavy atom. The third-order valence-corrected chi connectivity index (χ3v) is 5.32. The second kappa shape index (κ2) is 9.63. The van der Waals surface area contributed by atoms with Gasteiger partial charge >= 0.3 is 0 Å². The summed E-state index contributed by atoms with van der Waals surface area (Å²) in [6.45, 7) is 2.32. The maximum absolute atomic E-state index is 13.0. The number of likely N-dealkylation sites (N-methyl/N-ethyl adjacent to an activating group) is 1. The quantitative estimate of drug-likeness (QED) is 0.733. The highest BCUT2D eigenvalue weighted by molar-refractivity contribution is 6.33. The molecule has 8 heteroatoms.